The van der Waals surface area contributed by atoms with Crippen molar-refractivity contribution in [2.45, 2.75) is 45.4 Å². The molecule has 1 aliphatic heterocycles. The first-order chi connectivity index (χ1) is 29.2. The van der Waals surface area contributed by atoms with Gasteiger partial charge in [-0.25, -0.2) is 4.98 Å². The average molecular weight is 774 g/mol. The SMILES string of the molecule is CC(C)(C)c1cc2c(cc1-c1cccc3c1Oc1ccc(-n4c5ccccc5n5c6ccccc6nc45)cc1C3(C)C)-c1ccccc1-c1ccccc1-c1ccccc1-2. The molecule has 3 heterocycles. The summed E-state index contributed by atoms with van der Waals surface area (Å²) in [5.74, 6) is 2.70. The maximum Gasteiger partial charge on any atom is 0.220 e. The van der Waals surface area contributed by atoms with Crippen LogP contribution in [0, 0.1) is 0 Å². The van der Waals surface area contributed by atoms with Crippen molar-refractivity contribution in [3.05, 3.63) is 187 Å². The Morgan fingerprint density at radius 3 is 1.63 bits per heavy atom. The lowest BCUT2D eigenvalue weighted by Crippen LogP contribution is -2.25. The third-order valence-corrected chi connectivity index (χ3v) is 13.1. The summed E-state index contributed by atoms with van der Waals surface area (Å²) in [6.45, 7) is 11.7. The molecule has 288 valence electrons. The van der Waals surface area contributed by atoms with Gasteiger partial charge in [-0.2, -0.15) is 0 Å². The standard InChI is InChI=1S/C56H43N3O/c1-55(2,3)46-33-43-40-22-11-9-20-38(40)36-18-7-6-17-35(36)37-19-8-10-21-39(37)42(43)32-44(46)41-23-16-24-45-53(41)60-52-30-29-34(31-47(52)56(45,4)5)58-50-27-14-15-28-51(50)59-49-26-13-12-25-48(49)57-54(58)59/h6-33H,1-5H3. The van der Waals surface area contributed by atoms with Crippen LogP contribution in [-0.2, 0) is 10.8 Å². The Labute approximate surface area is 350 Å². The second-order valence-electron chi connectivity index (χ2n) is 18.0. The third kappa shape index (κ3) is 4.88. The van der Waals surface area contributed by atoms with Gasteiger partial charge < -0.3 is 4.74 Å². The fraction of sp³-hybridized carbons (Fsp3) is 0.125. The van der Waals surface area contributed by atoms with Crippen LogP contribution in [0.5, 0.6) is 11.5 Å². The van der Waals surface area contributed by atoms with Gasteiger partial charge in [0.05, 0.1) is 22.1 Å². The first-order valence-electron chi connectivity index (χ1n) is 21.0. The molecule has 8 aromatic carbocycles. The van der Waals surface area contributed by atoms with Gasteiger partial charge in [-0.3, -0.25) is 8.97 Å². The highest BCUT2D eigenvalue weighted by molar-refractivity contribution is 6.04. The van der Waals surface area contributed by atoms with Crippen molar-refractivity contribution in [3.8, 4) is 72.8 Å². The molecule has 10 aromatic rings. The van der Waals surface area contributed by atoms with Crippen LogP contribution >= 0.6 is 0 Å². The van der Waals surface area contributed by atoms with Gasteiger partial charge in [-0.15, -0.1) is 0 Å². The highest BCUT2D eigenvalue weighted by Crippen LogP contribution is 2.55. The Hall–Kier alpha value is -7.17. The largest absolute Gasteiger partial charge is 0.456 e. The summed E-state index contributed by atoms with van der Waals surface area (Å²) in [5.41, 5.74) is 20.7. The molecule has 0 amide bonds. The number of hydrogen-bond donors (Lipinski definition) is 0. The first-order valence-corrected chi connectivity index (χ1v) is 21.0. The van der Waals surface area contributed by atoms with Crippen LogP contribution in [0.4, 0.5) is 0 Å². The molecule has 0 bridgehead atoms. The number of ether oxygens (including phenoxy) is 1. The van der Waals surface area contributed by atoms with Gasteiger partial charge in [0.15, 0.2) is 0 Å². The number of para-hydroxylation sites is 5. The highest BCUT2D eigenvalue weighted by Gasteiger charge is 2.37. The first kappa shape index (κ1) is 34.8. The molecular weight excluding hydrogens is 731 g/mol. The summed E-state index contributed by atoms with van der Waals surface area (Å²) in [4.78, 5) is 5.16. The lowest BCUT2D eigenvalue weighted by Gasteiger charge is -2.36. The topological polar surface area (TPSA) is 31.5 Å². The maximum atomic E-state index is 7.19. The van der Waals surface area contributed by atoms with Crippen molar-refractivity contribution in [2.75, 3.05) is 0 Å². The molecule has 0 unspecified atom stereocenters. The zero-order valence-corrected chi connectivity index (χ0v) is 34.4. The Kier molecular flexibility index (Phi) is 7.21. The minimum atomic E-state index is -0.366. The van der Waals surface area contributed by atoms with Gasteiger partial charge in [0, 0.05) is 27.8 Å². The molecule has 60 heavy (non-hydrogen) atoms. The van der Waals surface area contributed by atoms with E-state index in [-0.39, 0.29) is 10.8 Å². The minimum Gasteiger partial charge on any atom is -0.456 e. The van der Waals surface area contributed by atoms with Crippen LogP contribution in [0.3, 0.4) is 0 Å². The van der Waals surface area contributed by atoms with Crippen LogP contribution < -0.4 is 4.74 Å². The molecular formula is C56H43N3O. The van der Waals surface area contributed by atoms with E-state index in [1.54, 1.807) is 0 Å². The highest BCUT2D eigenvalue weighted by atomic mass is 16.5. The molecule has 0 saturated heterocycles. The Bertz CT molecular complexity index is 3430. The van der Waals surface area contributed by atoms with E-state index >= 15 is 0 Å². The van der Waals surface area contributed by atoms with Crippen molar-refractivity contribution in [2.24, 2.45) is 0 Å². The van der Waals surface area contributed by atoms with E-state index in [0.717, 1.165) is 56.2 Å². The van der Waals surface area contributed by atoms with E-state index in [2.05, 4.69) is 213 Å². The number of aromatic nitrogens is 3. The number of rotatable bonds is 2. The van der Waals surface area contributed by atoms with E-state index in [4.69, 9.17) is 9.72 Å². The molecule has 0 spiro atoms. The molecule has 0 N–H and O–H groups in total. The van der Waals surface area contributed by atoms with Crippen molar-refractivity contribution in [1.29, 1.82) is 0 Å². The molecule has 1 aliphatic carbocycles. The van der Waals surface area contributed by atoms with Crippen LogP contribution in [0.1, 0.15) is 51.3 Å². The summed E-state index contributed by atoms with van der Waals surface area (Å²) in [7, 11) is 0. The molecule has 0 radical (unpaired) electrons. The number of hydrogen-bond acceptors (Lipinski definition) is 2. The van der Waals surface area contributed by atoms with Crippen LogP contribution in [0.25, 0.3) is 89.2 Å². The number of fused-ring (bicyclic) bond motifs is 15. The normalized spacial score (nSPS) is 13.7. The van der Waals surface area contributed by atoms with Gasteiger partial charge in [-0.05, 0) is 116 Å². The second-order valence-corrected chi connectivity index (χ2v) is 18.0. The Balaban J connectivity index is 1.06. The second kappa shape index (κ2) is 12.4. The summed E-state index contributed by atoms with van der Waals surface area (Å²) in [6.07, 6.45) is 0. The van der Waals surface area contributed by atoms with E-state index < -0.39 is 0 Å². The zero-order chi connectivity index (χ0) is 40.5. The molecule has 0 fully saturated rings. The maximum absolute atomic E-state index is 7.19. The zero-order valence-electron chi connectivity index (χ0n) is 34.4. The molecule has 4 heteroatoms. The molecule has 12 rings (SSSR count). The fourth-order valence-corrected chi connectivity index (χ4v) is 10.2. The van der Waals surface area contributed by atoms with Crippen molar-refractivity contribution in [1.82, 2.24) is 14.0 Å². The predicted octanol–water partition coefficient (Wildman–Crippen LogP) is 14.8. The monoisotopic (exact) mass is 773 g/mol. The van der Waals surface area contributed by atoms with Crippen molar-refractivity contribution >= 4 is 27.8 Å². The Morgan fingerprint density at radius 1 is 0.467 bits per heavy atom. The van der Waals surface area contributed by atoms with E-state index in [0.29, 0.717) is 0 Å². The molecule has 4 nitrogen and oxygen atoms in total. The van der Waals surface area contributed by atoms with E-state index in [9.17, 15) is 0 Å². The number of imidazole rings is 2. The number of benzene rings is 8. The summed E-state index contributed by atoms with van der Waals surface area (Å²) >= 11 is 0. The van der Waals surface area contributed by atoms with Crippen molar-refractivity contribution < 1.29 is 4.74 Å². The third-order valence-electron chi connectivity index (χ3n) is 13.1. The molecule has 2 aliphatic rings. The molecule has 0 atom stereocenters. The van der Waals surface area contributed by atoms with Crippen LogP contribution in [-0.4, -0.2) is 14.0 Å². The van der Waals surface area contributed by atoms with E-state index in [1.165, 1.54) is 61.2 Å². The van der Waals surface area contributed by atoms with Gasteiger partial charge in [0.25, 0.3) is 0 Å². The minimum absolute atomic E-state index is 0.165. The fourth-order valence-electron chi connectivity index (χ4n) is 10.2. The lowest BCUT2D eigenvalue weighted by molar-refractivity contribution is 0.419. The van der Waals surface area contributed by atoms with Gasteiger partial charge in [0.1, 0.15) is 11.5 Å². The average Bonchev–Trinajstić information content (AvgIpc) is 3.80. The number of nitrogens with zero attached hydrogens (tertiary/aromatic N) is 3. The molecule has 2 aromatic heterocycles. The summed E-state index contributed by atoms with van der Waals surface area (Å²) in [6, 6.07) is 62.0. The summed E-state index contributed by atoms with van der Waals surface area (Å²) < 4.78 is 11.8. The van der Waals surface area contributed by atoms with Crippen LogP contribution in [0.2, 0.25) is 0 Å². The van der Waals surface area contributed by atoms with Crippen molar-refractivity contribution in [3.63, 3.8) is 0 Å². The predicted molar refractivity (Wildman–Crippen MR) is 248 cm³/mol. The smallest absolute Gasteiger partial charge is 0.220 e. The summed E-state index contributed by atoms with van der Waals surface area (Å²) in [5, 5.41) is 0. The molecule has 0 saturated carbocycles. The van der Waals surface area contributed by atoms with Gasteiger partial charge in [0.2, 0.25) is 5.78 Å². The Morgan fingerprint density at radius 2 is 1.00 bits per heavy atom. The van der Waals surface area contributed by atoms with Gasteiger partial charge >= 0.3 is 0 Å². The lowest BCUT2D eigenvalue weighted by atomic mass is 9.72. The van der Waals surface area contributed by atoms with E-state index in [1.807, 2.05) is 0 Å². The quantitative estimate of drug-likeness (QED) is 0.175. The van der Waals surface area contributed by atoms with Gasteiger partial charge in [-0.1, -0.05) is 150 Å². The van der Waals surface area contributed by atoms with Crippen LogP contribution in [0.15, 0.2) is 170 Å².